The van der Waals surface area contributed by atoms with Gasteiger partial charge in [-0.2, -0.15) is 0 Å². The number of aryl methyl sites for hydroxylation is 1. The van der Waals surface area contributed by atoms with Gasteiger partial charge in [0.25, 0.3) is 5.91 Å². The Morgan fingerprint density at radius 1 is 1.25 bits per heavy atom. The lowest BCUT2D eigenvalue weighted by atomic mass is 10.1. The summed E-state index contributed by atoms with van der Waals surface area (Å²) in [6.45, 7) is 2.51. The van der Waals surface area contributed by atoms with Gasteiger partial charge in [-0.05, 0) is 24.1 Å². The lowest BCUT2D eigenvalue weighted by molar-refractivity contribution is 0.0923. The van der Waals surface area contributed by atoms with E-state index in [9.17, 15) is 4.79 Å². The molecule has 1 amide bonds. The highest BCUT2D eigenvalue weighted by Crippen LogP contribution is 2.12. The fraction of sp³-hybridized carbons (Fsp3) is 0.312. The molecule has 1 heterocycles. The Balaban J connectivity index is 1.79. The van der Waals surface area contributed by atoms with Gasteiger partial charge in [0.2, 0.25) is 0 Å². The van der Waals surface area contributed by atoms with E-state index in [1.807, 2.05) is 43.3 Å². The first-order chi connectivity index (χ1) is 9.70. The first-order valence-electron chi connectivity index (χ1n) is 6.88. The minimum Gasteiger partial charge on any atom is -0.456 e. The second-order valence-corrected chi connectivity index (χ2v) is 4.68. The average molecular weight is 272 g/mol. The number of carbonyl (C=O) groups excluding carboxylic acids is 1. The zero-order chi connectivity index (χ0) is 14.4. The van der Waals surface area contributed by atoms with E-state index < -0.39 is 0 Å². The van der Waals surface area contributed by atoms with E-state index in [1.165, 1.54) is 0 Å². The first kappa shape index (κ1) is 14.3. The van der Waals surface area contributed by atoms with Crippen LogP contribution < -0.4 is 11.1 Å². The molecule has 4 nitrogen and oxygen atoms in total. The van der Waals surface area contributed by atoms with Crippen molar-refractivity contribution in [1.29, 1.82) is 0 Å². The normalized spacial score (nSPS) is 12.1. The summed E-state index contributed by atoms with van der Waals surface area (Å²) in [5.74, 6) is 0.983. The Morgan fingerprint density at radius 2 is 2.00 bits per heavy atom. The van der Waals surface area contributed by atoms with Crippen LogP contribution >= 0.6 is 0 Å². The first-order valence-corrected chi connectivity index (χ1v) is 6.88. The van der Waals surface area contributed by atoms with Crippen molar-refractivity contribution < 1.29 is 9.21 Å². The van der Waals surface area contributed by atoms with Gasteiger partial charge in [0, 0.05) is 19.0 Å². The highest BCUT2D eigenvalue weighted by molar-refractivity contribution is 5.91. The molecule has 0 spiro atoms. The number of hydrogen-bond acceptors (Lipinski definition) is 3. The topological polar surface area (TPSA) is 68.3 Å². The summed E-state index contributed by atoms with van der Waals surface area (Å²) < 4.78 is 5.39. The molecule has 2 aromatic rings. The van der Waals surface area contributed by atoms with Crippen molar-refractivity contribution in [2.75, 3.05) is 6.54 Å². The predicted molar refractivity (Wildman–Crippen MR) is 78.4 cm³/mol. The fourth-order valence-electron chi connectivity index (χ4n) is 1.99. The van der Waals surface area contributed by atoms with E-state index >= 15 is 0 Å². The molecule has 106 valence electrons. The van der Waals surface area contributed by atoms with Crippen LogP contribution in [0.15, 0.2) is 46.9 Å². The minimum absolute atomic E-state index is 0.0701. The van der Waals surface area contributed by atoms with Crippen LogP contribution in [0.1, 0.15) is 41.3 Å². The summed E-state index contributed by atoms with van der Waals surface area (Å²) in [5, 5.41) is 2.82. The molecular formula is C16H20N2O2. The Morgan fingerprint density at radius 3 is 2.65 bits per heavy atom. The van der Waals surface area contributed by atoms with Gasteiger partial charge >= 0.3 is 0 Å². The van der Waals surface area contributed by atoms with E-state index in [1.54, 1.807) is 6.07 Å². The SMILES string of the molecule is CCc1ccc(C(=O)NCCC(N)c2ccccc2)o1. The molecule has 0 aliphatic rings. The molecule has 1 aromatic heterocycles. The third kappa shape index (κ3) is 3.71. The standard InChI is InChI=1S/C16H20N2O2/c1-2-13-8-9-15(20-13)16(19)18-11-10-14(17)12-6-4-3-5-7-12/h3-9,14H,2,10-11,17H2,1H3,(H,18,19). The molecule has 0 aliphatic carbocycles. The number of hydrogen-bond donors (Lipinski definition) is 2. The van der Waals surface area contributed by atoms with E-state index in [2.05, 4.69) is 5.32 Å². The van der Waals surface area contributed by atoms with Crippen LogP contribution in [0, 0.1) is 0 Å². The van der Waals surface area contributed by atoms with Crippen molar-refractivity contribution in [2.45, 2.75) is 25.8 Å². The van der Waals surface area contributed by atoms with Crippen LogP contribution in [0.3, 0.4) is 0 Å². The Bertz CT molecular complexity index is 549. The third-order valence-electron chi connectivity index (χ3n) is 3.20. The molecule has 0 saturated carbocycles. The van der Waals surface area contributed by atoms with Gasteiger partial charge < -0.3 is 15.5 Å². The van der Waals surface area contributed by atoms with Gasteiger partial charge in [0.15, 0.2) is 5.76 Å². The summed E-state index contributed by atoms with van der Waals surface area (Å²) >= 11 is 0. The summed E-state index contributed by atoms with van der Waals surface area (Å²) in [5.41, 5.74) is 7.15. The Hall–Kier alpha value is -2.07. The van der Waals surface area contributed by atoms with Gasteiger partial charge in [-0.3, -0.25) is 4.79 Å². The second-order valence-electron chi connectivity index (χ2n) is 4.68. The highest BCUT2D eigenvalue weighted by Gasteiger charge is 2.11. The Kier molecular flexibility index (Phi) is 4.96. The maximum Gasteiger partial charge on any atom is 0.286 e. The van der Waals surface area contributed by atoms with Crippen LogP contribution in [-0.4, -0.2) is 12.5 Å². The molecule has 0 saturated heterocycles. The number of nitrogens with two attached hydrogens (primary N) is 1. The number of amides is 1. The molecule has 0 radical (unpaired) electrons. The highest BCUT2D eigenvalue weighted by atomic mass is 16.3. The number of carbonyl (C=O) groups is 1. The summed E-state index contributed by atoms with van der Waals surface area (Å²) in [4.78, 5) is 11.8. The van der Waals surface area contributed by atoms with Crippen molar-refractivity contribution in [3.63, 3.8) is 0 Å². The van der Waals surface area contributed by atoms with Gasteiger partial charge in [-0.15, -0.1) is 0 Å². The summed E-state index contributed by atoms with van der Waals surface area (Å²) in [6, 6.07) is 13.3. The van der Waals surface area contributed by atoms with Gasteiger partial charge in [-0.1, -0.05) is 37.3 Å². The van der Waals surface area contributed by atoms with Crippen LogP contribution in [0.5, 0.6) is 0 Å². The molecule has 1 unspecified atom stereocenters. The van der Waals surface area contributed by atoms with Crippen LogP contribution in [-0.2, 0) is 6.42 Å². The lowest BCUT2D eigenvalue weighted by Crippen LogP contribution is -2.26. The molecule has 4 heteroatoms. The quantitative estimate of drug-likeness (QED) is 0.849. The zero-order valence-electron chi connectivity index (χ0n) is 11.6. The molecule has 0 fully saturated rings. The largest absolute Gasteiger partial charge is 0.456 e. The molecule has 2 rings (SSSR count). The van der Waals surface area contributed by atoms with E-state index in [0.717, 1.165) is 17.7 Å². The molecular weight excluding hydrogens is 252 g/mol. The minimum atomic E-state index is -0.190. The van der Waals surface area contributed by atoms with Crippen molar-refractivity contribution in [2.24, 2.45) is 5.73 Å². The van der Waals surface area contributed by atoms with E-state index in [0.29, 0.717) is 18.7 Å². The molecule has 3 N–H and O–H groups in total. The van der Waals surface area contributed by atoms with Crippen molar-refractivity contribution in [3.8, 4) is 0 Å². The van der Waals surface area contributed by atoms with Gasteiger partial charge in [-0.25, -0.2) is 0 Å². The smallest absolute Gasteiger partial charge is 0.286 e. The maximum absolute atomic E-state index is 11.8. The van der Waals surface area contributed by atoms with Crippen molar-refractivity contribution >= 4 is 5.91 Å². The van der Waals surface area contributed by atoms with Crippen molar-refractivity contribution in [1.82, 2.24) is 5.32 Å². The number of rotatable bonds is 6. The molecule has 1 aromatic carbocycles. The number of nitrogens with one attached hydrogen (secondary N) is 1. The molecule has 20 heavy (non-hydrogen) atoms. The molecule has 1 atom stereocenters. The Labute approximate surface area is 119 Å². The van der Waals surface area contributed by atoms with Crippen LogP contribution in [0.4, 0.5) is 0 Å². The van der Waals surface area contributed by atoms with Crippen molar-refractivity contribution in [3.05, 3.63) is 59.5 Å². The maximum atomic E-state index is 11.8. The molecule has 0 aliphatic heterocycles. The average Bonchev–Trinajstić information content (AvgIpc) is 2.97. The number of furan rings is 1. The second kappa shape index (κ2) is 6.91. The van der Waals surface area contributed by atoms with E-state index in [4.69, 9.17) is 10.2 Å². The van der Waals surface area contributed by atoms with E-state index in [-0.39, 0.29) is 11.9 Å². The lowest BCUT2D eigenvalue weighted by Gasteiger charge is -2.12. The third-order valence-corrected chi connectivity index (χ3v) is 3.20. The molecule has 0 bridgehead atoms. The van der Waals surface area contributed by atoms with Gasteiger partial charge in [0.05, 0.1) is 0 Å². The summed E-state index contributed by atoms with van der Waals surface area (Å²) in [6.07, 6.45) is 1.48. The fourth-order valence-corrected chi connectivity index (χ4v) is 1.99. The van der Waals surface area contributed by atoms with Crippen LogP contribution in [0.2, 0.25) is 0 Å². The zero-order valence-corrected chi connectivity index (χ0v) is 11.6. The number of benzene rings is 1. The van der Waals surface area contributed by atoms with Gasteiger partial charge in [0.1, 0.15) is 5.76 Å². The van der Waals surface area contributed by atoms with Crippen LogP contribution in [0.25, 0.3) is 0 Å². The predicted octanol–water partition coefficient (Wildman–Crippen LogP) is 2.66. The summed E-state index contributed by atoms with van der Waals surface area (Å²) in [7, 11) is 0. The monoisotopic (exact) mass is 272 g/mol.